The minimum Gasteiger partial charge on any atom is -0.476 e. The first-order valence-corrected chi connectivity index (χ1v) is 5.83. The van der Waals surface area contributed by atoms with Crippen LogP contribution in [-0.2, 0) is 0 Å². The summed E-state index contributed by atoms with van der Waals surface area (Å²) in [5.74, 6) is -0.100. The number of hydrogen-bond donors (Lipinski definition) is 1. The Bertz CT molecular complexity index is 638. The lowest BCUT2D eigenvalue weighted by Gasteiger charge is -2.04. The molecule has 18 heavy (non-hydrogen) atoms. The molecule has 1 aromatic carbocycles. The number of nitrogens with zero attached hydrogens (tertiary/aromatic N) is 2. The van der Waals surface area contributed by atoms with Crippen LogP contribution in [0.25, 0.3) is 11.4 Å². The molecule has 1 N–H and O–H groups in total. The summed E-state index contributed by atoms with van der Waals surface area (Å²) >= 11 is 3.34. The minimum atomic E-state index is -1.10. The SMILES string of the molecule is O=C(O)c1cn2c(n1)-c1ccc(Br)cc1OCO2. The van der Waals surface area contributed by atoms with Gasteiger partial charge in [0, 0.05) is 4.47 Å². The van der Waals surface area contributed by atoms with Crippen LogP contribution >= 0.6 is 15.9 Å². The molecule has 0 fully saturated rings. The first kappa shape index (κ1) is 11.1. The van der Waals surface area contributed by atoms with Crippen molar-refractivity contribution in [1.29, 1.82) is 0 Å². The van der Waals surface area contributed by atoms with Crippen LogP contribution in [0.4, 0.5) is 0 Å². The first-order chi connectivity index (χ1) is 8.65. The maximum Gasteiger partial charge on any atom is 0.356 e. The Kier molecular flexibility index (Phi) is 2.48. The molecule has 0 amide bonds. The van der Waals surface area contributed by atoms with Crippen molar-refractivity contribution in [3.05, 3.63) is 34.6 Å². The van der Waals surface area contributed by atoms with Gasteiger partial charge >= 0.3 is 5.97 Å². The van der Waals surface area contributed by atoms with E-state index in [2.05, 4.69) is 20.9 Å². The second kappa shape index (κ2) is 4.02. The van der Waals surface area contributed by atoms with Crippen molar-refractivity contribution in [2.24, 2.45) is 0 Å². The molecule has 2 heterocycles. The van der Waals surface area contributed by atoms with E-state index < -0.39 is 5.97 Å². The standard InChI is InChI=1S/C11H7BrN2O4/c12-6-1-2-7-9(3-6)17-5-18-14-4-8(11(15)16)13-10(7)14/h1-4H,5H2,(H,15,16). The summed E-state index contributed by atoms with van der Waals surface area (Å²) in [4.78, 5) is 20.2. The van der Waals surface area contributed by atoms with E-state index in [1.54, 1.807) is 12.1 Å². The first-order valence-electron chi connectivity index (χ1n) is 5.04. The maximum atomic E-state index is 10.9. The van der Waals surface area contributed by atoms with E-state index in [4.69, 9.17) is 14.7 Å². The van der Waals surface area contributed by atoms with E-state index in [1.165, 1.54) is 10.9 Å². The van der Waals surface area contributed by atoms with Crippen LogP contribution in [0.2, 0.25) is 0 Å². The topological polar surface area (TPSA) is 73.6 Å². The van der Waals surface area contributed by atoms with E-state index in [0.717, 1.165) is 4.47 Å². The summed E-state index contributed by atoms with van der Waals surface area (Å²) in [6, 6.07) is 5.40. The molecule has 0 unspecified atom stereocenters. The van der Waals surface area contributed by atoms with Crippen molar-refractivity contribution in [3.63, 3.8) is 0 Å². The second-order valence-electron chi connectivity index (χ2n) is 3.61. The molecule has 6 nitrogen and oxygen atoms in total. The summed E-state index contributed by atoms with van der Waals surface area (Å²) in [6.45, 7) is -0.00806. The van der Waals surface area contributed by atoms with Gasteiger partial charge in [-0.15, -0.1) is 0 Å². The number of fused-ring (bicyclic) bond motifs is 3. The normalized spacial score (nSPS) is 12.7. The molecule has 0 saturated carbocycles. The third-order valence-electron chi connectivity index (χ3n) is 2.48. The van der Waals surface area contributed by atoms with Crippen molar-refractivity contribution in [3.8, 4) is 17.1 Å². The molecule has 0 saturated heterocycles. The van der Waals surface area contributed by atoms with Crippen LogP contribution in [0.1, 0.15) is 10.5 Å². The molecule has 92 valence electrons. The van der Waals surface area contributed by atoms with E-state index in [0.29, 0.717) is 17.1 Å². The van der Waals surface area contributed by atoms with Crippen molar-refractivity contribution in [2.75, 3.05) is 6.79 Å². The van der Waals surface area contributed by atoms with Gasteiger partial charge in [0.1, 0.15) is 5.75 Å². The molecule has 0 radical (unpaired) electrons. The Hall–Kier alpha value is -2.02. The fraction of sp³-hybridized carbons (Fsp3) is 0.0909. The zero-order valence-electron chi connectivity index (χ0n) is 8.96. The van der Waals surface area contributed by atoms with Gasteiger partial charge < -0.3 is 14.7 Å². The van der Waals surface area contributed by atoms with Crippen LogP contribution in [0, 0.1) is 0 Å². The van der Waals surface area contributed by atoms with Gasteiger partial charge in [-0.05, 0) is 18.2 Å². The monoisotopic (exact) mass is 310 g/mol. The number of hydrogen-bond acceptors (Lipinski definition) is 4. The molecular formula is C11H7BrN2O4. The Morgan fingerprint density at radius 1 is 1.50 bits per heavy atom. The number of carboxylic acid groups (broad SMARTS) is 1. The van der Waals surface area contributed by atoms with Crippen molar-refractivity contribution >= 4 is 21.9 Å². The van der Waals surface area contributed by atoms with Gasteiger partial charge in [-0.1, -0.05) is 15.9 Å². The van der Waals surface area contributed by atoms with Gasteiger partial charge in [-0.3, -0.25) is 0 Å². The number of imidazole rings is 1. The van der Waals surface area contributed by atoms with Crippen LogP contribution < -0.4 is 9.57 Å². The van der Waals surface area contributed by atoms with Crippen molar-refractivity contribution in [2.45, 2.75) is 0 Å². The number of benzene rings is 1. The Morgan fingerprint density at radius 3 is 3.11 bits per heavy atom. The predicted octanol–water partition coefficient (Wildman–Crippen LogP) is 1.79. The van der Waals surface area contributed by atoms with E-state index >= 15 is 0 Å². The molecule has 0 aliphatic carbocycles. The summed E-state index contributed by atoms with van der Waals surface area (Å²) in [6.07, 6.45) is 1.32. The lowest BCUT2D eigenvalue weighted by atomic mass is 10.2. The third kappa shape index (κ3) is 1.72. The lowest BCUT2D eigenvalue weighted by Crippen LogP contribution is -2.14. The van der Waals surface area contributed by atoms with Gasteiger partial charge in [0.05, 0.1) is 11.8 Å². The molecular weight excluding hydrogens is 304 g/mol. The number of halogens is 1. The number of aromatic carboxylic acids is 1. The number of aromatic nitrogens is 2. The zero-order valence-corrected chi connectivity index (χ0v) is 10.5. The number of carbonyl (C=O) groups is 1. The smallest absolute Gasteiger partial charge is 0.356 e. The van der Waals surface area contributed by atoms with Crippen LogP contribution in [0.15, 0.2) is 28.9 Å². The highest BCUT2D eigenvalue weighted by molar-refractivity contribution is 9.10. The molecule has 7 heteroatoms. The van der Waals surface area contributed by atoms with Crippen LogP contribution in [-0.4, -0.2) is 27.6 Å². The highest BCUT2D eigenvalue weighted by Gasteiger charge is 2.21. The van der Waals surface area contributed by atoms with Crippen LogP contribution in [0.3, 0.4) is 0 Å². The highest BCUT2D eigenvalue weighted by atomic mass is 79.9. The highest BCUT2D eigenvalue weighted by Crippen LogP contribution is 2.33. The summed E-state index contributed by atoms with van der Waals surface area (Å²) < 4.78 is 7.58. The van der Waals surface area contributed by atoms with Gasteiger partial charge in [0.15, 0.2) is 11.5 Å². The Balaban J connectivity index is 2.20. The van der Waals surface area contributed by atoms with Gasteiger partial charge in [0.25, 0.3) is 6.79 Å². The fourth-order valence-corrected chi connectivity index (χ4v) is 2.03. The molecule has 3 rings (SSSR count). The van der Waals surface area contributed by atoms with Gasteiger partial charge in [0.2, 0.25) is 0 Å². The quantitative estimate of drug-likeness (QED) is 0.869. The Labute approximate surface area is 110 Å². The predicted molar refractivity (Wildman–Crippen MR) is 64.4 cm³/mol. The van der Waals surface area contributed by atoms with Crippen molar-refractivity contribution < 1.29 is 19.5 Å². The van der Waals surface area contributed by atoms with E-state index in [9.17, 15) is 4.79 Å². The minimum absolute atomic E-state index is 0.00806. The molecule has 0 spiro atoms. The molecule has 1 aliphatic heterocycles. The van der Waals surface area contributed by atoms with E-state index in [-0.39, 0.29) is 12.5 Å². The summed E-state index contributed by atoms with van der Waals surface area (Å²) in [5.41, 5.74) is 0.615. The average Bonchev–Trinajstić information content (AvgIpc) is 2.67. The largest absolute Gasteiger partial charge is 0.476 e. The number of rotatable bonds is 1. The van der Waals surface area contributed by atoms with E-state index in [1.807, 2.05) is 6.07 Å². The molecule has 2 aromatic rings. The average molecular weight is 311 g/mol. The number of carboxylic acids is 1. The molecule has 0 bridgehead atoms. The van der Waals surface area contributed by atoms with Crippen molar-refractivity contribution in [1.82, 2.24) is 9.71 Å². The summed E-state index contributed by atoms with van der Waals surface area (Å²) in [7, 11) is 0. The maximum absolute atomic E-state index is 10.9. The lowest BCUT2D eigenvalue weighted by molar-refractivity contribution is 0.0114. The molecule has 0 atom stereocenters. The molecule has 1 aromatic heterocycles. The third-order valence-corrected chi connectivity index (χ3v) is 2.98. The Morgan fingerprint density at radius 2 is 2.33 bits per heavy atom. The summed E-state index contributed by atoms with van der Waals surface area (Å²) in [5, 5.41) is 8.93. The van der Waals surface area contributed by atoms with Gasteiger partial charge in [-0.2, -0.15) is 4.73 Å². The second-order valence-corrected chi connectivity index (χ2v) is 4.53. The van der Waals surface area contributed by atoms with Crippen LogP contribution in [0.5, 0.6) is 5.75 Å². The fourth-order valence-electron chi connectivity index (χ4n) is 1.69. The van der Waals surface area contributed by atoms with Gasteiger partial charge in [-0.25, -0.2) is 9.78 Å². The number of ether oxygens (including phenoxy) is 1. The molecule has 1 aliphatic rings. The zero-order chi connectivity index (χ0) is 12.7.